The molecule has 3 N–H and O–H groups in total. The van der Waals surface area contributed by atoms with Gasteiger partial charge in [0.15, 0.2) is 5.16 Å². The van der Waals surface area contributed by atoms with Crippen LogP contribution in [-0.4, -0.2) is 43.5 Å². The number of nitrogens with one attached hydrogen (secondary N) is 2. The molecule has 106 valence electrons. The van der Waals surface area contributed by atoms with Crippen LogP contribution in [0.1, 0.15) is 26.8 Å². The molecule has 1 heterocycles. The monoisotopic (exact) mass is 288 g/mol. The van der Waals surface area contributed by atoms with E-state index in [0.29, 0.717) is 0 Å². The van der Waals surface area contributed by atoms with Crippen molar-refractivity contribution < 1.29 is 14.7 Å². The fourth-order valence-electron chi connectivity index (χ4n) is 1.38. The Morgan fingerprint density at radius 2 is 2.11 bits per heavy atom. The molecule has 1 aromatic heterocycles. The average Bonchev–Trinajstić information content (AvgIpc) is 2.66. The zero-order chi connectivity index (χ0) is 14.6. The summed E-state index contributed by atoms with van der Waals surface area (Å²) >= 11 is 0.882. The van der Waals surface area contributed by atoms with Crippen LogP contribution in [0.15, 0.2) is 9.95 Å². The van der Waals surface area contributed by atoms with Crippen molar-refractivity contribution in [1.29, 1.82) is 0 Å². The number of nitrogens with zero attached hydrogens (tertiary/aromatic N) is 2. The number of thioether (sulfide) groups is 1. The van der Waals surface area contributed by atoms with E-state index < -0.39 is 17.7 Å². The van der Waals surface area contributed by atoms with Crippen molar-refractivity contribution in [1.82, 2.24) is 20.1 Å². The highest BCUT2D eigenvalue weighted by molar-refractivity contribution is 7.99. The van der Waals surface area contributed by atoms with Crippen molar-refractivity contribution in [3.05, 3.63) is 10.5 Å². The Labute approximate surface area is 113 Å². The fraction of sp³-hybridized carbons (Fsp3) is 0.600. The maximum absolute atomic E-state index is 11.9. The molecule has 1 amide bonds. The second-order valence-corrected chi connectivity index (χ2v) is 5.15. The van der Waals surface area contributed by atoms with Crippen LogP contribution < -0.4 is 11.0 Å². The van der Waals surface area contributed by atoms with Crippen LogP contribution in [0.3, 0.4) is 0 Å². The number of rotatable bonds is 6. The van der Waals surface area contributed by atoms with E-state index in [1.165, 1.54) is 0 Å². The predicted molar refractivity (Wildman–Crippen MR) is 69.2 cm³/mol. The number of carboxylic acid groups (broad SMARTS) is 1. The van der Waals surface area contributed by atoms with E-state index in [4.69, 9.17) is 5.11 Å². The highest BCUT2D eigenvalue weighted by Crippen LogP contribution is 2.17. The number of H-pyrrole nitrogens is 1. The van der Waals surface area contributed by atoms with E-state index in [9.17, 15) is 14.4 Å². The van der Waals surface area contributed by atoms with Gasteiger partial charge in [-0.2, -0.15) is 0 Å². The summed E-state index contributed by atoms with van der Waals surface area (Å²) in [6, 6.07) is -0.808. The Morgan fingerprint density at radius 1 is 1.47 bits per heavy atom. The molecule has 0 aliphatic rings. The van der Waals surface area contributed by atoms with Gasteiger partial charge in [-0.15, -0.1) is 5.10 Å². The van der Waals surface area contributed by atoms with Gasteiger partial charge in [0.05, 0.1) is 5.75 Å². The van der Waals surface area contributed by atoms with Gasteiger partial charge in [0, 0.05) is 6.04 Å². The van der Waals surface area contributed by atoms with E-state index in [1.54, 1.807) is 6.92 Å². The van der Waals surface area contributed by atoms with Crippen molar-refractivity contribution in [3.8, 4) is 0 Å². The number of amides is 1. The molecule has 19 heavy (non-hydrogen) atoms. The first kappa shape index (κ1) is 15.3. The van der Waals surface area contributed by atoms with Gasteiger partial charge in [0.25, 0.3) is 0 Å². The first-order valence-corrected chi connectivity index (χ1v) is 6.63. The van der Waals surface area contributed by atoms with Gasteiger partial charge in [-0.1, -0.05) is 11.8 Å². The van der Waals surface area contributed by atoms with Crippen molar-refractivity contribution in [2.45, 2.75) is 38.0 Å². The summed E-state index contributed by atoms with van der Waals surface area (Å²) in [6.07, 6.45) is 0. The highest BCUT2D eigenvalue weighted by atomic mass is 32.2. The molecular weight excluding hydrogens is 272 g/mol. The summed E-state index contributed by atoms with van der Waals surface area (Å²) in [6.45, 7) is 5.17. The quantitative estimate of drug-likeness (QED) is 0.626. The van der Waals surface area contributed by atoms with Gasteiger partial charge < -0.3 is 10.4 Å². The normalized spacial score (nSPS) is 12.4. The number of aliphatic carboxylic acids is 1. The number of carboxylic acids is 1. The number of hydrogen-bond acceptors (Lipinski definition) is 5. The molecule has 0 fully saturated rings. The van der Waals surface area contributed by atoms with Crippen LogP contribution >= 0.6 is 11.8 Å². The molecule has 1 unspecified atom stereocenters. The van der Waals surface area contributed by atoms with Crippen molar-refractivity contribution in [3.63, 3.8) is 0 Å². The summed E-state index contributed by atoms with van der Waals surface area (Å²) in [5.74, 6) is -1.58. The number of carbonyl (C=O) groups is 2. The maximum Gasteiger partial charge on any atom is 0.344 e. The second kappa shape index (κ2) is 6.41. The first-order chi connectivity index (χ1) is 8.82. The molecule has 1 atom stereocenters. The van der Waals surface area contributed by atoms with Crippen molar-refractivity contribution in [2.24, 2.45) is 0 Å². The molecule has 9 heteroatoms. The Hall–Kier alpha value is -1.77. The van der Waals surface area contributed by atoms with Crippen LogP contribution in [0.4, 0.5) is 0 Å². The molecule has 0 aliphatic heterocycles. The van der Waals surface area contributed by atoms with E-state index in [0.717, 1.165) is 16.3 Å². The van der Waals surface area contributed by atoms with Gasteiger partial charge in [-0.05, 0) is 20.8 Å². The molecule has 0 spiro atoms. The minimum Gasteiger partial charge on any atom is -0.481 e. The minimum absolute atomic E-state index is 0.0484. The van der Waals surface area contributed by atoms with Crippen LogP contribution in [0.2, 0.25) is 0 Å². The van der Waals surface area contributed by atoms with Crippen molar-refractivity contribution in [2.75, 3.05) is 5.75 Å². The summed E-state index contributed by atoms with van der Waals surface area (Å²) in [7, 11) is 0. The van der Waals surface area contributed by atoms with Crippen LogP contribution in [0, 0.1) is 0 Å². The van der Waals surface area contributed by atoms with Gasteiger partial charge >= 0.3 is 11.7 Å². The summed E-state index contributed by atoms with van der Waals surface area (Å²) in [4.78, 5) is 34.0. The SMILES string of the molecule is CC(C)NC(=O)C(C)n1c(SCC(=O)O)n[nH]c1=O. The molecule has 1 aromatic rings. The number of carbonyl (C=O) groups excluding carboxylic acids is 1. The molecule has 0 radical (unpaired) electrons. The van der Waals surface area contributed by atoms with E-state index in [-0.39, 0.29) is 22.9 Å². The van der Waals surface area contributed by atoms with Crippen LogP contribution in [-0.2, 0) is 9.59 Å². The molecule has 0 aromatic carbocycles. The van der Waals surface area contributed by atoms with Crippen LogP contribution in [0.25, 0.3) is 0 Å². The summed E-state index contributed by atoms with van der Waals surface area (Å²) < 4.78 is 1.14. The Balaban J connectivity index is 2.92. The zero-order valence-corrected chi connectivity index (χ0v) is 11.7. The molecule has 0 saturated carbocycles. The molecule has 0 bridgehead atoms. The Morgan fingerprint density at radius 3 is 2.63 bits per heavy atom. The van der Waals surface area contributed by atoms with Gasteiger partial charge in [0.2, 0.25) is 5.91 Å². The fourth-order valence-corrected chi connectivity index (χ4v) is 2.13. The average molecular weight is 288 g/mol. The first-order valence-electron chi connectivity index (χ1n) is 5.64. The molecule has 0 saturated heterocycles. The standard InChI is InChI=1S/C10H16N4O4S/c1-5(2)11-8(17)6(3)14-9(18)12-13-10(14)19-4-7(15)16/h5-6H,4H2,1-3H3,(H,11,17)(H,12,18)(H,15,16). The highest BCUT2D eigenvalue weighted by Gasteiger charge is 2.22. The van der Waals surface area contributed by atoms with Crippen molar-refractivity contribution >= 4 is 23.6 Å². The third-order valence-corrected chi connectivity index (χ3v) is 3.13. The molecule has 1 rings (SSSR count). The predicted octanol–water partition coefficient (Wildman–Crippen LogP) is -0.166. The van der Waals surface area contributed by atoms with E-state index in [2.05, 4.69) is 15.5 Å². The lowest BCUT2D eigenvalue weighted by Crippen LogP contribution is -2.38. The lowest BCUT2D eigenvalue weighted by atomic mass is 10.3. The third kappa shape index (κ3) is 4.12. The van der Waals surface area contributed by atoms with Gasteiger partial charge in [-0.3, -0.25) is 14.2 Å². The summed E-state index contributed by atoms with van der Waals surface area (Å²) in [5, 5.41) is 17.4. The minimum atomic E-state index is -1.02. The number of aromatic nitrogens is 3. The van der Waals surface area contributed by atoms with Gasteiger partial charge in [0.1, 0.15) is 6.04 Å². The molecular formula is C10H16N4O4S. The topological polar surface area (TPSA) is 117 Å². The molecule has 8 nitrogen and oxygen atoms in total. The van der Waals surface area contributed by atoms with E-state index in [1.807, 2.05) is 13.8 Å². The lowest BCUT2D eigenvalue weighted by Gasteiger charge is -2.16. The third-order valence-electron chi connectivity index (χ3n) is 2.19. The largest absolute Gasteiger partial charge is 0.481 e. The second-order valence-electron chi connectivity index (χ2n) is 4.20. The summed E-state index contributed by atoms with van der Waals surface area (Å²) in [5.41, 5.74) is -0.542. The van der Waals surface area contributed by atoms with Crippen LogP contribution in [0.5, 0.6) is 0 Å². The smallest absolute Gasteiger partial charge is 0.344 e. The Bertz CT molecular complexity index is 522. The number of hydrogen-bond donors (Lipinski definition) is 3. The maximum atomic E-state index is 11.9. The Kier molecular flexibility index (Phi) is 5.16. The zero-order valence-electron chi connectivity index (χ0n) is 10.8. The van der Waals surface area contributed by atoms with Gasteiger partial charge in [-0.25, -0.2) is 9.89 Å². The lowest BCUT2D eigenvalue weighted by molar-refractivity contribution is -0.134. The number of aromatic amines is 1. The molecule has 0 aliphatic carbocycles. The van der Waals surface area contributed by atoms with E-state index >= 15 is 0 Å².